The maximum atomic E-state index is 12.2. The number of halogens is 1. The zero-order valence-corrected chi connectivity index (χ0v) is 16.8. The summed E-state index contributed by atoms with van der Waals surface area (Å²) >= 11 is 5.72. The molecule has 1 amide bonds. The molecule has 11 heteroatoms. The van der Waals surface area contributed by atoms with Crippen molar-refractivity contribution in [1.82, 2.24) is 14.9 Å². The summed E-state index contributed by atoms with van der Waals surface area (Å²) in [7, 11) is 0. The minimum absolute atomic E-state index is 0.0924. The monoisotopic (exact) mass is 439 g/mol. The van der Waals surface area contributed by atoms with E-state index in [2.05, 4.69) is 5.32 Å². The topological polar surface area (TPSA) is 143 Å². The third-order valence-electron chi connectivity index (χ3n) is 4.78. The minimum atomic E-state index is -1.39. The van der Waals surface area contributed by atoms with Crippen LogP contribution in [0.1, 0.15) is 5.56 Å². The number of aromatic amines is 1. The highest BCUT2D eigenvalue weighted by Gasteiger charge is 2.39. The molecule has 1 aromatic carbocycles. The molecule has 30 heavy (non-hydrogen) atoms. The molecule has 0 radical (unpaired) electrons. The van der Waals surface area contributed by atoms with Crippen molar-refractivity contribution in [2.45, 2.75) is 37.8 Å². The Kier molecular flexibility index (Phi) is 6.93. The number of nitrogens with zero attached hydrogens (tertiary/aromatic N) is 1. The lowest BCUT2D eigenvalue weighted by Crippen LogP contribution is -2.60. The highest BCUT2D eigenvalue weighted by molar-refractivity contribution is 6.30. The third kappa shape index (κ3) is 5.08. The van der Waals surface area contributed by atoms with Crippen molar-refractivity contribution in [3.63, 3.8) is 0 Å². The average molecular weight is 440 g/mol. The summed E-state index contributed by atoms with van der Waals surface area (Å²) in [5, 5.41) is 23.1. The first-order chi connectivity index (χ1) is 14.3. The van der Waals surface area contributed by atoms with Gasteiger partial charge in [-0.2, -0.15) is 0 Å². The number of carbonyl (C=O) groups excluding carboxylic acids is 1. The standard InChI is InChI=1S/C19H22ClN3O7/c1-10-4-2-3-5-13(10)30-9-15(24)21-12-8-29-14(17(26)16(12)25)7-23-6-11(20)18(27)22-19(23)28/h2-6,12,14,16-17,25-26H,7-9H2,1H3,(H,21,24)(H,22,27,28)/t12-,14-,16+,17-/m1/s1. The predicted octanol–water partition coefficient (Wildman–Crippen LogP) is -0.817. The van der Waals surface area contributed by atoms with Crippen molar-refractivity contribution >= 4 is 17.5 Å². The molecule has 1 saturated heterocycles. The fraction of sp³-hybridized carbons (Fsp3) is 0.421. The number of aliphatic hydroxyl groups is 2. The summed E-state index contributed by atoms with van der Waals surface area (Å²) in [4.78, 5) is 37.4. The summed E-state index contributed by atoms with van der Waals surface area (Å²) in [5.41, 5.74) is -0.570. The van der Waals surface area contributed by atoms with Crippen molar-refractivity contribution in [2.24, 2.45) is 0 Å². The molecule has 4 atom stereocenters. The molecule has 1 aromatic heterocycles. The smallest absolute Gasteiger partial charge is 0.328 e. The third-order valence-corrected chi connectivity index (χ3v) is 5.04. The molecule has 0 aliphatic carbocycles. The highest BCUT2D eigenvalue weighted by Crippen LogP contribution is 2.18. The molecule has 0 unspecified atom stereocenters. The molecule has 162 valence electrons. The molecule has 2 aromatic rings. The lowest BCUT2D eigenvalue weighted by atomic mass is 9.98. The molecule has 0 saturated carbocycles. The van der Waals surface area contributed by atoms with E-state index in [4.69, 9.17) is 21.1 Å². The average Bonchev–Trinajstić information content (AvgIpc) is 2.71. The summed E-state index contributed by atoms with van der Waals surface area (Å²) < 4.78 is 12.1. The Morgan fingerprint density at radius 3 is 2.80 bits per heavy atom. The second-order valence-corrected chi connectivity index (χ2v) is 7.38. The van der Waals surface area contributed by atoms with Crippen LogP contribution in [0.5, 0.6) is 5.75 Å². The molecular formula is C19H22ClN3O7. The van der Waals surface area contributed by atoms with Gasteiger partial charge in [0.15, 0.2) is 6.61 Å². The molecule has 1 fully saturated rings. The van der Waals surface area contributed by atoms with Crippen LogP contribution < -0.4 is 21.3 Å². The zero-order chi connectivity index (χ0) is 21.8. The molecule has 10 nitrogen and oxygen atoms in total. The minimum Gasteiger partial charge on any atom is -0.484 e. The van der Waals surface area contributed by atoms with Gasteiger partial charge in [0.25, 0.3) is 11.5 Å². The van der Waals surface area contributed by atoms with Gasteiger partial charge in [-0.3, -0.25) is 19.1 Å². The summed E-state index contributed by atoms with van der Waals surface area (Å²) in [6.07, 6.45) is -2.54. The largest absolute Gasteiger partial charge is 0.484 e. The van der Waals surface area contributed by atoms with Crippen molar-refractivity contribution in [1.29, 1.82) is 0 Å². The van der Waals surface area contributed by atoms with Gasteiger partial charge in [0.2, 0.25) is 0 Å². The first-order valence-corrected chi connectivity index (χ1v) is 9.59. The van der Waals surface area contributed by atoms with E-state index in [9.17, 15) is 24.6 Å². The Balaban J connectivity index is 1.56. The van der Waals surface area contributed by atoms with E-state index in [1.807, 2.05) is 24.0 Å². The molecule has 4 N–H and O–H groups in total. The normalized spacial score (nSPS) is 23.7. The molecule has 1 aliphatic rings. The Labute approximate surface area is 176 Å². The number of amides is 1. The number of hydrogen-bond donors (Lipinski definition) is 4. The van der Waals surface area contributed by atoms with Crippen LogP contribution in [0.25, 0.3) is 0 Å². The number of carbonyl (C=O) groups is 1. The van der Waals surface area contributed by atoms with Gasteiger partial charge in [-0.15, -0.1) is 0 Å². The van der Waals surface area contributed by atoms with Gasteiger partial charge in [0, 0.05) is 6.20 Å². The van der Waals surface area contributed by atoms with Crippen molar-refractivity contribution in [3.8, 4) is 5.75 Å². The first kappa shape index (κ1) is 22.0. The predicted molar refractivity (Wildman–Crippen MR) is 107 cm³/mol. The van der Waals surface area contributed by atoms with E-state index in [1.165, 1.54) is 0 Å². The number of para-hydroxylation sites is 1. The SMILES string of the molecule is Cc1ccccc1OCC(=O)N[C@@H]1CO[C@H](Cn2cc(Cl)c(=O)[nH]c2=O)[C@@H](O)[C@H]1O. The number of ether oxygens (including phenoxy) is 2. The zero-order valence-electron chi connectivity index (χ0n) is 16.1. The van der Waals surface area contributed by atoms with E-state index < -0.39 is 41.5 Å². The number of rotatable bonds is 6. The number of hydrogen-bond acceptors (Lipinski definition) is 7. The van der Waals surface area contributed by atoms with Gasteiger partial charge < -0.3 is 25.0 Å². The maximum absolute atomic E-state index is 12.2. The second kappa shape index (κ2) is 9.43. The van der Waals surface area contributed by atoms with Crippen molar-refractivity contribution in [3.05, 3.63) is 61.9 Å². The van der Waals surface area contributed by atoms with Crippen LogP contribution in [0.2, 0.25) is 5.02 Å². The number of H-pyrrole nitrogens is 1. The molecule has 0 spiro atoms. The van der Waals surface area contributed by atoms with Crippen molar-refractivity contribution < 1.29 is 24.5 Å². The number of nitrogens with one attached hydrogen (secondary N) is 2. The van der Waals surface area contributed by atoms with Gasteiger partial charge in [-0.25, -0.2) is 4.79 Å². The van der Waals surface area contributed by atoms with E-state index >= 15 is 0 Å². The van der Waals surface area contributed by atoms with Crippen LogP contribution in [0.4, 0.5) is 0 Å². The summed E-state index contributed by atoms with van der Waals surface area (Å²) in [5.74, 6) is 0.0818. The van der Waals surface area contributed by atoms with Crippen LogP contribution in [-0.4, -0.2) is 63.2 Å². The van der Waals surface area contributed by atoms with Crippen molar-refractivity contribution in [2.75, 3.05) is 13.2 Å². The Morgan fingerprint density at radius 1 is 1.33 bits per heavy atom. The highest BCUT2D eigenvalue weighted by atomic mass is 35.5. The fourth-order valence-electron chi connectivity index (χ4n) is 3.09. The van der Waals surface area contributed by atoms with E-state index in [0.29, 0.717) is 5.75 Å². The number of aliphatic hydroxyl groups excluding tert-OH is 2. The summed E-state index contributed by atoms with van der Waals surface area (Å²) in [6.45, 7) is 1.34. The quantitative estimate of drug-likeness (QED) is 0.460. The van der Waals surface area contributed by atoms with Gasteiger partial charge in [-0.1, -0.05) is 29.8 Å². The van der Waals surface area contributed by atoms with Crippen LogP contribution in [0.15, 0.2) is 40.1 Å². The number of aromatic nitrogens is 2. The summed E-state index contributed by atoms with van der Waals surface area (Å²) in [6, 6.07) is 6.37. The number of aryl methyl sites for hydroxylation is 1. The van der Waals surface area contributed by atoms with Crippen LogP contribution in [0.3, 0.4) is 0 Å². The molecule has 0 bridgehead atoms. The molecular weight excluding hydrogens is 418 g/mol. The molecule has 3 rings (SSSR count). The van der Waals surface area contributed by atoms with Gasteiger partial charge >= 0.3 is 5.69 Å². The first-order valence-electron chi connectivity index (χ1n) is 9.21. The lowest BCUT2D eigenvalue weighted by molar-refractivity contribution is -0.159. The van der Waals surface area contributed by atoms with Gasteiger partial charge in [0.05, 0.1) is 19.2 Å². The van der Waals surface area contributed by atoms with Crippen LogP contribution >= 0.6 is 11.6 Å². The van der Waals surface area contributed by atoms with Crippen LogP contribution in [-0.2, 0) is 16.1 Å². The molecule has 2 heterocycles. The number of benzene rings is 1. The maximum Gasteiger partial charge on any atom is 0.328 e. The van der Waals surface area contributed by atoms with E-state index in [1.54, 1.807) is 12.1 Å². The van der Waals surface area contributed by atoms with Gasteiger partial charge in [0.1, 0.15) is 29.1 Å². The lowest BCUT2D eigenvalue weighted by Gasteiger charge is -2.38. The Hall–Kier alpha value is -2.66. The van der Waals surface area contributed by atoms with Crippen LogP contribution in [0, 0.1) is 6.92 Å². The van der Waals surface area contributed by atoms with Gasteiger partial charge in [-0.05, 0) is 18.6 Å². The molecule has 1 aliphatic heterocycles. The second-order valence-electron chi connectivity index (χ2n) is 6.97. The van der Waals surface area contributed by atoms with E-state index in [0.717, 1.165) is 16.3 Å². The fourth-order valence-corrected chi connectivity index (χ4v) is 3.26. The Morgan fingerprint density at radius 2 is 2.07 bits per heavy atom. The van der Waals surface area contributed by atoms with E-state index in [-0.39, 0.29) is 24.8 Å². The Bertz CT molecular complexity index is 1020.